The van der Waals surface area contributed by atoms with E-state index >= 15 is 0 Å². The van der Waals surface area contributed by atoms with E-state index < -0.39 is 61.4 Å². The first-order valence-corrected chi connectivity index (χ1v) is 9.46. The van der Waals surface area contributed by atoms with Crippen molar-refractivity contribution >= 4 is 0 Å². The molecule has 0 amide bonds. The topological polar surface area (TPSA) is 158 Å². The molecule has 164 valence electrons. The van der Waals surface area contributed by atoms with Crippen LogP contribution in [0, 0.1) is 0 Å². The highest BCUT2D eigenvalue weighted by molar-refractivity contribution is 5.13. The monoisotopic (exact) mass is 416 g/mol. The quantitative estimate of drug-likeness (QED) is 0.302. The van der Waals surface area contributed by atoms with Gasteiger partial charge in [-0.05, 0) is 12.5 Å². The molecule has 2 aliphatic heterocycles. The highest BCUT2D eigenvalue weighted by Crippen LogP contribution is 2.26. The van der Waals surface area contributed by atoms with E-state index in [1.165, 1.54) is 6.92 Å². The Morgan fingerprint density at radius 2 is 1.31 bits per heavy atom. The second-order valence-electron chi connectivity index (χ2n) is 7.33. The average Bonchev–Trinajstić information content (AvgIpc) is 2.73. The van der Waals surface area contributed by atoms with Gasteiger partial charge in [0.1, 0.15) is 42.7 Å². The van der Waals surface area contributed by atoms with E-state index in [1.54, 1.807) is 0 Å². The van der Waals surface area contributed by atoms with Crippen LogP contribution in [0.25, 0.3) is 0 Å². The maximum Gasteiger partial charge on any atom is 0.187 e. The van der Waals surface area contributed by atoms with Gasteiger partial charge in [0.15, 0.2) is 12.6 Å². The predicted octanol–water partition coefficient (Wildman–Crippen LogP) is -2.15. The van der Waals surface area contributed by atoms with Gasteiger partial charge in [-0.25, -0.2) is 0 Å². The van der Waals surface area contributed by atoms with Crippen LogP contribution in [0.4, 0.5) is 0 Å². The molecule has 0 aliphatic carbocycles. The highest BCUT2D eigenvalue weighted by Gasteiger charge is 2.46. The van der Waals surface area contributed by atoms with E-state index in [0.29, 0.717) is 0 Å². The first-order chi connectivity index (χ1) is 13.8. The average molecular weight is 416 g/mol. The number of ether oxygens (including phenoxy) is 4. The molecule has 0 saturated carbocycles. The van der Waals surface area contributed by atoms with Gasteiger partial charge in [0, 0.05) is 0 Å². The highest BCUT2D eigenvalue weighted by atomic mass is 16.7. The SMILES string of the molecule is C[C@H]1O[C@H](OC[C@H]2O[C@@H](OCc3ccccc3)[C@H](O)[C@@H](O)[C@@H]2O)[C@@H](O)[C@@H](O)[C@@H]1O. The van der Waals surface area contributed by atoms with Crippen LogP contribution in [0.1, 0.15) is 12.5 Å². The van der Waals surface area contributed by atoms with Gasteiger partial charge in [-0.15, -0.1) is 0 Å². The predicted molar refractivity (Wildman–Crippen MR) is 96.2 cm³/mol. The molecule has 3 rings (SSSR count). The van der Waals surface area contributed by atoms with Crippen LogP contribution < -0.4 is 0 Å². The Bertz CT molecular complexity index is 631. The lowest BCUT2D eigenvalue weighted by atomic mass is 9.98. The minimum atomic E-state index is -1.54. The summed E-state index contributed by atoms with van der Waals surface area (Å²) in [6.07, 6.45) is -13.1. The molecule has 0 radical (unpaired) electrons. The molecule has 0 spiro atoms. The zero-order valence-corrected chi connectivity index (χ0v) is 15.9. The summed E-state index contributed by atoms with van der Waals surface area (Å²) in [5, 5.41) is 60.0. The molecular formula is C19H28O10. The van der Waals surface area contributed by atoms with Crippen molar-refractivity contribution in [2.45, 2.75) is 74.9 Å². The van der Waals surface area contributed by atoms with Crippen LogP contribution in [-0.4, -0.2) is 98.7 Å². The second-order valence-corrected chi connectivity index (χ2v) is 7.33. The summed E-state index contributed by atoms with van der Waals surface area (Å²) < 4.78 is 21.8. The number of hydrogen-bond donors (Lipinski definition) is 6. The normalized spacial score (nSPS) is 43.3. The van der Waals surface area contributed by atoms with Crippen molar-refractivity contribution in [3.8, 4) is 0 Å². The third-order valence-corrected chi connectivity index (χ3v) is 5.16. The molecule has 10 nitrogen and oxygen atoms in total. The minimum Gasteiger partial charge on any atom is -0.388 e. The summed E-state index contributed by atoms with van der Waals surface area (Å²) in [4.78, 5) is 0. The number of aliphatic hydroxyl groups excluding tert-OH is 6. The summed E-state index contributed by atoms with van der Waals surface area (Å²) in [5.74, 6) is 0. The van der Waals surface area contributed by atoms with Gasteiger partial charge >= 0.3 is 0 Å². The fraction of sp³-hybridized carbons (Fsp3) is 0.684. The fourth-order valence-corrected chi connectivity index (χ4v) is 3.29. The summed E-state index contributed by atoms with van der Waals surface area (Å²) in [7, 11) is 0. The largest absolute Gasteiger partial charge is 0.388 e. The van der Waals surface area contributed by atoms with Gasteiger partial charge in [0.2, 0.25) is 0 Å². The maximum atomic E-state index is 10.2. The molecule has 1 aromatic rings. The molecular weight excluding hydrogens is 388 g/mol. The van der Waals surface area contributed by atoms with E-state index in [2.05, 4.69) is 0 Å². The van der Waals surface area contributed by atoms with E-state index in [4.69, 9.17) is 18.9 Å². The van der Waals surface area contributed by atoms with Gasteiger partial charge in [-0.3, -0.25) is 0 Å². The van der Waals surface area contributed by atoms with Crippen LogP contribution in [0.2, 0.25) is 0 Å². The molecule has 29 heavy (non-hydrogen) atoms. The van der Waals surface area contributed by atoms with Crippen molar-refractivity contribution in [2.24, 2.45) is 0 Å². The van der Waals surface area contributed by atoms with Crippen molar-refractivity contribution in [1.29, 1.82) is 0 Å². The Balaban J connectivity index is 1.58. The van der Waals surface area contributed by atoms with E-state index in [1.807, 2.05) is 30.3 Å². The van der Waals surface area contributed by atoms with Crippen LogP contribution in [0.5, 0.6) is 0 Å². The smallest absolute Gasteiger partial charge is 0.187 e. The summed E-state index contributed by atoms with van der Waals surface area (Å²) >= 11 is 0. The third kappa shape index (κ3) is 5.12. The standard InChI is InChI=1S/C19H28O10/c1-9-12(20)14(22)16(24)18(28-9)27-8-11-13(21)15(23)17(25)19(29-11)26-7-10-5-3-2-4-6-10/h2-6,9,11-25H,7-8H2,1H3/t9-,11-,12-,13-,14+,15+,16+,17-,18+,19-/m1/s1. The third-order valence-electron chi connectivity index (χ3n) is 5.16. The molecule has 10 atom stereocenters. The van der Waals surface area contributed by atoms with Crippen LogP contribution >= 0.6 is 0 Å². The number of rotatable bonds is 6. The Morgan fingerprint density at radius 1 is 0.724 bits per heavy atom. The van der Waals surface area contributed by atoms with Gasteiger partial charge < -0.3 is 49.6 Å². The molecule has 2 heterocycles. The van der Waals surface area contributed by atoms with Crippen molar-refractivity contribution in [3.05, 3.63) is 35.9 Å². The molecule has 2 aliphatic rings. The van der Waals surface area contributed by atoms with E-state index in [-0.39, 0.29) is 13.2 Å². The van der Waals surface area contributed by atoms with Crippen molar-refractivity contribution in [1.82, 2.24) is 0 Å². The molecule has 6 N–H and O–H groups in total. The van der Waals surface area contributed by atoms with Crippen LogP contribution in [0.3, 0.4) is 0 Å². The van der Waals surface area contributed by atoms with Gasteiger partial charge in [-0.1, -0.05) is 30.3 Å². The fourth-order valence-electron chi connectivity index (χ4n) is 3.29. The van der Waals surface area contributed by atoms with E-state index in [0.717, 1.165) is 5.56 Å². The molecule has 0 unspecified atom stereocenters. The number of aliphatic hydroxyl groups is 6. The molecule has 10 heteroatoms. The van der Waals surface area contributed by atoms with Gasteiger partial charge in [0.05, 0.1) is 19.3 Å². The van der Waals surface area contributed by atoms with Crippen LogP contribution in [-0.2, 0) is 25.6 Å². The first-order valence-electron chi connectivity index (χ1n) is 9.46. The summed E-state index contributed by atoms with van der Waals surface area (Å²) in [6.45, 7) is 1.30. The molecule has 2 fully saturated rings. The van der Waals surface area contributed by atoms with E-state index in [9.17, 15) is 30.6 Å². The van der Waals surface area contributed by atoms with Crippen LogP contribution in [0.15, 0.2) is 30.3 Å². The molecule has 0 aromatic heterocycles. The van der Waals surface area contributed by atoms with Gasteiger partial charge in [-0.2, -0.15) is 0 Å². The number of benzene rings is 1. The van der Waals surface area contributed by atoms with Crippen molar-refractivity contribution in [3.63, 3.8) is 0 Å². The van der Waals surface area contributed by atoms with Gasteiger partial charge in [0.25, 0.3) is 0 Å². The lowest BCUT2D eigenvalue weighted by Crippen LogP contribution is -2.61. The Morgan fingerprint density at radius 3 is 1.97 bits per heavy atom. The number of hydrogen-bond acceptors (Lipinski definition) is 10. The van der Waals surface area contributed by atoms with Crippen molar-refractivity contribution < 1.29 is 49.6 Å². The second kappa shape index (κ2) is 9.75. The Labute approximate surface area is 167 Å². The summed E-state index contributed by atoms with van der Waals surface area (Å²) in [5.41, 5.74) is 0.831. The zero-order chi connectivity index (χ0) is 21.1. The lowest BCUT2D eigenvalue weighted by Gasteiger charge is -2.42. The lowest BCUT2D eigenvalue weighted by molar-refractivity contribution is -0.329. The summed E-state index contributed by atoms with van der Waals surface area (Å²) in [6, 6.07) is 9.15. The Hall–Kier alpha value is -1.18. The molecule has 1 aromatic carbocycles. The molecule has 0 bridgehead atoms. The first kappa shape index (κ1) is 22.5. The Kier molecular flexibility index (Phi) is 7.57. The van der Waals surface area contributed by atoms with Crippen molar-refractivity contribution in [2.75, 3.05) is 6.61 Å². The molecule has 2 saturated heterocycles. The maximum absolute atomic E-state index is 10.2. The minimum absolute atomic E-state index is 0.116. The zero-order valence-electron chi connectivity index (χ0n) is 15.9.